The van der Waals surface area contributed by atoms with Gasteiger partial charge in [0.05, 0.1) is 15.9 Å². The van der Waals surface area contributed by atoms with Crippen molar-refractivity contribution in [3.8, 4) is 78.3 Å². The molecule has 7 aromatic carbocycles. The maximum Gasteiger partial charge on any atom is 0.160 e. The highest BCUT2D eigenvalue weighted by atomic mass is 32.1. The molecule has 2 aromatic heterocycles. The van der Waals surface area contributed by atoms with E-state index in [0.29, 0.717) is 0 Å². The number of aromatic nitrogens is 2. The quantitative estimate of drug-likeness (QED) is 0.162. The largest absolute Gasteiger partial charge is 0.226 e. The second-order valence-corrected chi connectivity index (χ2v) is 16.0. The average Bonchev–Trinajstić information content (AvgIpc) is 3.66. The number of rotatable bonds is 7. The van der Waals surface area contributed by atoms with E-state index in [4.69, 9.17) is 9.97 Å². The monoisotopic (exact) mass is 748 g/mol. The second-order valence-electron chi connectivity index (χ2n) is 14.9. The van der Waals surface area contributed by atoms with Gasteiger partial charge in [0.15, 0.2) is 5.82 Å². The first kappa shape index (κ1) is 34.8. The Morgan fingerprint density at radius 2 is 1.04 bits per heavy atom. The number of benzene rings is 7. The molecule has 1 aliphatic carbocycles. The molecule has 0 N–H and O–H groups in total. The molecule has 0 saturated heterocycles. The number of hydrogen-bond acceptors (Lipinski definition) is 3. The Bertz CT molecular complexity index is 2940. The molecular formula is C54H40N2S. The summed E-state index contributed by atoms with van der Waals surface area (Å²) in [7, 11) is 0. The van der Waals surface area contributed by atoms with Crippen LogP contribution in [0.15, 0.2) is 176 Å². The van der Waals surface area contributed by atoms with Crippen LogP contribution in [0, 0.1) is 13.8 Å². The lowest BCUT2D eigenvalue weighted by Gasteiger charge is -2.20. The highest BCUT2D eigenvalue weighted by molar-refractivity contribution is 7.19. The first-order valence-corrected chi connectivity index (χ1v) is 20.5. The maximum atomic E-state index is 5.28. The van der Waals surface area contributed by atoms with Crippen LogP contribution in [-0.2, 0) is 6.42 Å². The van der Waals surface area contributed by atoms with Gasteiger partial charge in [-0.25, -0.2) is 9.97 Å². The van der Waals surface area contributed by atoms with Gasteiger partial charge in [0.1, 0.15) is 0 Å². The normalized spacial score (nSPS) is 12.2. The molecule has 272 valence electrons. The highest BCUT2D eigenvalue weighted by Crippen LogP contribution is 2.45. The van der Waals surface area contributed by atoms with Crippen molar-refractivity contribution in [2.75, 3.05) is 0 Å². The molecule has 0 amide bonds. The van der Waals surface area contributed by atoms with Crippen LogP contribution >= 0.6 is 11.3 Å². The smallest absolute Gasteiger partial charge is 0.160 e. The van der Waals surface area contributed by atoms with Gasteiger partial charge < -0.3 is 0 Å². The van der Waals surface area contributed by atoms with E-state index in [1.807, 2.05) is 11.3 Å². The number of fused-ring (bicyclic) bond motifs is 3. The Kier molecular flexibility index (Phi) is 9.01. The number of thiophene rings is 1. The standard InChI is InChI=1S/C54H40N2S/c1-35-16-12-13-23-44(35)46-32-42(27-26-36(46)2)48-34-43(37-17-6-3-7-18-37)33-47(50(48)39-19-8-4-9-20-39)38-28-30-41(31-29-38)54-55-51(40-21-10-5-11-22-40)53-52(56-54)45-24-14-15-25-49(45)57-53/h3-14,16-24,26-34H,15,25H2,1-2H3. The van der Waals surface area contributed by atoms with E-state index in [2.05, 4.69) is 196 Å². The molecule has 0 bridgehead atoms. The van der Waals surface area contributed by atoms with E-state index in [1.54, 1.807) is 0 Å². The Balaban J connectivity index is 1.17. The summed E-state index contributed by atoms with van der Waals surface area (Å²) < 4.78 is 1.16. The zero-order chi connectivity index (χ0) is 38.3. The fraction of sp³-hybridized carbons (Fsp3) is 0.0741. The molecule has 0 unspecified atom stereocenters. The summed E-state index contributed by atoms with van der Waals surface area (Å²) in [6, 6.07) is 61.4. The number of aryl methyl sites for hydroxylation is 3. The maximum absolute atomic E-state index is 5.28. The van der Waals surface area contributed by atoms with Crippen molar-refractivity contribution in [1.82, 2.24) is 9.97 Å². The molecule has 1 aliphatic rings. The molecular weight excluding hydrogens is 709 g/mol. The molecule has 0 radical (unpaired) electrons. The predicted molar refractivity (Wildman–Crippen MR) is 242 cm³/mol. The van der Waals surface area contributed by atoms with Crippen LogP contribution in [-0.4, -0.2) is 9.97 Å². The summed E-state index contributed by atoms with van der Waals surface area (Å²) in [5.74, 6) is 0.748. The van der Waals surface area contributed by atoms with Crippen molar-refractivity contribution in [1.29, 1.82) is 0 Å². The van der Waals surface area contributed by atoms with Gasteiger partial charge in [0.25, 0.3) is 0 Å². The summed E-state index contributed by atoms with van der Waals surface area (Å²) in [5.41, 5.74) is 20.0. The third-order valence-electron chi connectivity index (χ3n) is 11.3. The summed E-state index contributed by atoms with van der Waals surface area (Å²) in [5, 5.41) is 0. The van der Waals surface area contributed by atoms with E-state index in [1.165, 1.54) is 71.6 Å². The second kappa shape index (κ2) is 14.8. The van der Waals surface area contributed by atoms with Crippen molar-refractivity contribution < 1.29 is 0 Å². The lowest BCUT2D eigenvalue weighted by atomic mass is 9.83. The van der Waals surface area contributed by atoms with Crippen molar-refractivity contribution in [3.05, 3.63) is 198 Å². The molecule has 0 aliphatic heterocycles. The molecule has 2 heterocycles. The summed E-state index contributed by atoms with van der Waals surface area (Å²) in [4.78, 5) is 12.0. The molecule has 3 heteroatoms. The third-order valence-corrected chi connectivity index (χ3v) is 12.5. The van der Waals surface area contributed by atoms with Gasteiger partial charge in [-0.2, -0.15) is 0 Å². The number of nitrogens with zero attached hydrogens (tertiary/aromatic N) is 2. The molecule has 9 aromatic rings. The van der Waals surface area contributed by atoms with Gasteiger partial charge in [0, 0.05) is 21.6 Å². The van der Waals surface area contributed by atoms with Gasteiger partial charge in [0.2, 0.25) is 0 Å². The lowest BCUT2D eigenvalue weighted by molar-refractivity contribution is 1.01. The SMILES string of the molecule is Cc1ccccc1-c1cc(-c2cc(-c3ccccc3)cc(-c3ccc(-c4nc(-c5ccccc5)c5sc6c(c5n4)C=CCC6)cc3)c2-c2ccccc2)ccc1C. The van der Waals surface area contributed by atoms with Crippen LogP contribution in [0.2, 0.25) is 0 Å². The van der Waals surface area contributed by atoms with E-state index in [0.717, 1.165) is 51.3 Å². The molecule has 0 spiro atoms. The van der Waals surface area contributed by atoms with Gasteiger partial charge in [-0.1, -0.05) is 164 Å². The fourth-order valence-electron chi connectivity index (χ4n) is 8.30. The van der Waals surface area contributed by atoms with Gasteiger partial charge in [-0.05, 0) is 112 Å². The molecule has 0 fully saturated rings. The van der Waals surface area contributed by atoms with E-state index < -0.39 is 0 Å². The molecule has 0 atom stereocenters. The van der Waals surface area contributed by atoms with Crippen LogP contribution in [0.3, 0.4) is 0 Å². The van der Waals surface area contributed by atoms with E-state index in [-0.39, 0.29) is 0 Å². The Labute approximate surface area is 338 Å². The first-order valence-electron chi connectivity index (χ1n) is 19.7. The topological polar surface area (TPSA) is 25.8 Å². The minimum absolute atomic E-state index is 0.748. The highest BCUT2D eigenvalue weighted by Gasteiger charge is 2.22. The average molecular weight is 749 g/mol. The van der Waals surface area contributed by atoms with Gasteiger partial charge >= 0.3 is 0 Å². The number of allylic oxidation sites excluding steroid dienone is 1. The minimum atomic E-state index is 0.748. The van der Waals surface area contributed by atoms with E-state index >= 15 is 0 Å². The third kappa shape index (κ3) is 6.50. The molecule has 2 nitrogen and oxygen atoms in total. The van der Waals surface area contributed by atoms with Crippen LogP contribution in [0.1, 0.15) is 28.0 Å². The van der Waals surface area contributed by atoms with Crippen LogP contribution < -0.4 is 0 Å². The summed E-state index contributed by atoms with van der Waals surface area (Å²) >= 11 is 1.85. The van der Waals surface area contributed by atoms with Crippen molar-refractivity contribution in [2.45, 2.75) is 26.7 Å². The zero-order valence-corrected chi connectivity index (χ0v) is 32.9. The number of hydrogen-bond donors (Lipinski definition) is 0. The van der Waals surface area contributed by atoms with Gasteiger partial charge in [-0.15, -0.1) is 11.3 Å². The lowest BCUT2D eigenvalue weighted by Crippen LogP contribution is -1.96. The first-order chi connectivity index (χ1) is 28.1. The van der Waals surface area contributed by atoms with Gasteiger partial charge in [-0.3, -0.25) is 0 Å². The summed E-state index contributed by atoms with van der Waals surface area (Å²) in [6.07, 6.45) is 6.65. The van der Waals surface area contributed by atoms with Crippen LogP contribution in [0.25, 0.3) is 94.6 Å². The van der Waals surface area contributed by atoms with Crippen molar-refractivity contribution >= 4 is 27.6 Å². The van der Waals surface area contributed by atoms with Crippen molar-refractivity contribution in [2.24, 2.45) is 0 Å². The predicted octanol–water partition coefficient (Wildman–Crippen LogP) is 14.9. The van der Waals surface area contributed by atoms with Crippen molar-refractivity contribution in [3.63, 3.8) is 0 Å². The van der Waals surface area contributed by atoms with E-state index in [9.17, 15) is 0 Å². The Morgan fingerprint density at radius 1 is 0.456 bits per heavy atom. The minimum Gasteiger partial charge on any atom is -0.226 e. The van der Waals surface area contributed by atoms with Crippen LogP contribution in [0.4, 0.5) is 0 Å². The Morgan fingerprint density at radius 3 is 1.75 bits per heavy atom. The Hall–Kier alpha value is -6.68. The molecule has 57 heavy (non-hydrogen) atoms. The van der Waals surface area contributed by atoms with Crippen LogP contribution in [0.5, 0.6) is 0 Å². The zero-order valence-electron chi connectivity index (χ0n) is 32.0. The molecule has 0 saturated carbocycles. The molecule has 10 rings (SSSR count). The fourth-order valence-corrected chi connectivity index (χ4v) is 9.55. The summed E-state index contributed by atoms with van der Waals surface area (Å²) in [6.45, 7) is 4.41.